The van der Waals surface area contributed by atoms with Gasteiger partial charge in [-0.2, -0.15) is 0 Å². The first-order chi connectivity index (χ1) is 15.0. The number of aliphatic hydroxyl groups excluding tert-OH is 1. The molecule has 1 aliphatic rings. The highest BCUT2D eigenvalue weighted by molar-refractivity contribution is 7.09. The summed E-state index contributed by atoms with van der Waals surface area (Å²) in [5.41, 5.74) is 0.713. The Labute approximate surface area is 183 Å². The minimum atomic E-state index is -0.834. The van der Waals surface area contributed by atoms with Gasteiger partial charge in [0.1, 0.15) is 23.3 Å². The Morgan fingerprint density at radius 3 is 2.61 bits per heavy atom. The second kappa shape index (κ2) is 8.61. The monoisotopic (exact) mass is 436 g/mol. The van der Waals surface area contributed by atoms with Gasteiger partial charge in [-0.05, 0) is 41.8 Å². The molecule has 1 saturated heterocycles. The molecule has 1 N–H and O–H groups in total. The van der Waals surface area contributed by atoms with Crippen LogP contribution in [0, 0.1) is 0 Å². The van der Waals surface area contributed by atoms with E-state index in [1.165, 1.54) is 30.5 Å². The van der Waals surface area contributed by atoms with Gasteiger partial charge in [0, 0.05) is 11.1 Å². The number of amides is 1. The van der Waals surface area contributed by atoms with E-state index >= 15 is 0 Å². The van der Waals surface area contributed by atoms with Crippen molar-refractivity contribution in [1.29, 1.82) is 0 Å². The fraction of sp³-hybridized carbons (Fsp3) is 0.174. The number of carbonyl (C=O) groups excluding carboxylic acids is 2. The lowest BCUT2D eigenvalue weighted by Gasteiger charge is -2.24. The maximum atomic E-state index is 13.1. The van der Waals surface area contributed by atoms with Crippen LogP contribution in [0.1, 0.15) is 22.2 Å². The number of ether oxygens (including phenoxy) is 2. The number of nitrogens with zero attached hydrogens (tertiary/aromatic N) is 2. The molecule has 0 radical (unpaired) electrons. The van der Waals surface area contributed by atoms with E-state index in [2.05, 4.69) is 4.98 Å². The molecule has 2 aromatic heterocycles. The molecule has 158 valence electrons. The number of pyridine rings is 1. The van der Waals surface area contributed by atoms with Gasteiger partial charge in [0.25, 0.3) is 11.7 Å². The van der Waals surface area contributed by atoms with E-state index in [-0.39, 0.29) is 23.4 Å². The summed E-state index contributed by atoms with van der Waals surface area (Å²) >= 11 is 1.49. The maximum absolute atomic E-state index is 13.1. The fourth-order valence-corrected chi connectivity index (χ4v) is 4.31. The van der Waals surface area contributed by atoms with Crippen LogP contribution in [-0.2, 0) is 16.1 Å². The number of hydrogen-bond donors (Lipinski definition) is 1. The minimum Gasteiger partial charge on any atom is -0.507 e. The molecule has 3 heterocycles. The average molecular weight is 436 g/mol. The molecule has 1 fully saturated rings. The Kier molecular flexibility index (Phi) is 5.73. The lowest BCUT2D eigenvalue weighted by Crippen LogP contribution is -2.29. The van der Waals surface area contributed by atoms with Crippen LogP contribution in [0.3, 0.4) is 0 Å². The van der Waals surface area contributed by atoms with Gasteiger partial charge in [-0.1, -0.05) is 12.1 Å². The number of carbonyl (C=O) groups is 2. The largest absolute Gasteiger partial charge is 0.507 e. The van der Waals surface area contributed by atoms with Gasteiger partial charge < -0.3 is 19.5 Å². The number of thiophene rings is 1. The summed E-state index contributed by atoms with van der Waals surface area (Å²) in [7, 11) is 2.96. The summed E-state index contributed by atoms with van der Waals surface area (Å²) in [4.78, 5) is 32.8. The summed E-state index contributed by atoms with van der Waals surface area (Å²) in [5, 5.41) is 13.1. The molecule has 1 aromatic carbocycles. The number of likely N-dealkylation sites (tertiary alicyclic amines) is 1. The molecule has 0 bridgehead atoms. The van der Waals surface area contributed by atoms with Crippen LogP contribution in [0.25, 0.3) is 5.76 Å². The van der Waals surface area contributed by atoms with E-state index in [4.69, 9.17) is 9.47 Å². The van der Waals surface area contributed by atoms with Crippen LogP contribution >= 0.6 is 11.3 Å². The number of benzene rings is 1. The number of Topliss-reactive ketones (excluding diaryl/α,β-unsaturated/α-hetero) is 1. The van der Waals surface area contributed by atoms with Gasteiger partial charge in [0.2, 0.25) is 0 Å². The molecule has 1 aliphatic heterocycles. The zero-order valence-electron chi connectivity index (χ0n) is 16.9. The first kappa shape index (κ1) is 20.6. The third-order valence-corrected chi connectivity index (χ3v) is 5.94. The highest BCUT2D eigenvalue weighted by Crippen LogP contribution is 2.41. The zero-order valence-corrected chi connectivity index (χ0v) is 17.8. The molecule has 7 nitrogen and oxygen atoms in total. The van der Waals surface area contributed by atoms with Gasteiger partial charge in [-0.15, -0.1) is 11.3 Å². The van der Waals surface area contributed by atoms with E-state index < -0.39 is 17.7 Å². The Hall–Kier alpha value is -3.65. The van der Waals surface area contributed by atoms with Crippen LogP contribution in [0.4, 0.5) is 0 Å². The third kappa shape index (κ3) is 3.77. The van der Waals surface area contributed by atoms with Crippen molar-refractivity contribution in [3.8, 4) is 11.5 Å². The molecular formula is C23H20N2O5S. The topological polar surface area (TPSA) is 89.0 Å². The summed E-state index contributed by atoms with van der Waals surface area (Å²) in [6, 6.07) is 13.1. The Morgan fingerprint density at radius 1 is 1.13 bits per heavy atom. The van der Waals surface area contributed by atoms with E-state index in [1.807, 2.05) is 17.5 Å². The van der Waals surface area contributed by atoms with Gasteiger partial charge >= 0.3 is 0 Å². The number of aliphatic hydroxyl groups is 1. The zero-order chi connectivity index (χ0) is 22.0. The standard InChI is InChI=1S/C23H20N2O5S/c1-29-14-8-9-18(30-2)16(12-14)21(26)19-20(17-7-3-4-10-24-17)25(23(28)22(19)27)13-15-6-5-11-31-15/h3-12,20,26H,13H2,1-2H3/b21-19+. The van der Waals surface area contributed by atoms with Crippen molar-refractivity contribution in [2.45, 2.75) is 12.6 Å². The number of rotatable bonds is 6. The van der Waals surface area contributed by atoms with E-state index in [1.54, 1.807) is 42.6 Å². The first-order valence-electron chi connectivity index (χ1n) is 9.49. The smallest absolute Gasteiger partial charge is 0.296 e. The van der Waals surface area contributed by atoms with Crippen LogP contribution in [0.2, 0.25) is 0 Å². The Bertz CT molecular complexity index is 1140. The molecule has 1 atom stereocenters. The van der Waals surface area contributed by atoms with E-state index in [9.17, 15) is 14.7 Å². The van der Waals surface area contributed by atoms with Gasteiger partial charge in [0.15, 0.2) is 0 Å². The van der Waals surface area contributed by atoms with Crippen molar-refractivity contribution in [3.05, 3.63) is 81.8 Å². The highest BCUT2D eigenvalue weighted by atomic mass is 32.1. The second-order valence-electron chi connectivity index (χ2n) is 6.83. The van der Waals surface area contributed by atoms with Crippen molar-refractivity contribution in [2.75, 3.05) is 14.2 Å². The maximum Gasteiger partial charge on any atom is 0.296 e. The second-order valence-corrected chi connectivity index (χ2v) is 7.86. The molecule has 0 aliphatic carbocycles. The number of methoxy groups -OCH3 is 2. The lowest BCUT2D eigenvalue weighted by molar-refractivity contribution is -0.140. The van der Waals surface area contributed by atoms with Gasteiger partial charge in [-0.25, -0.2) is 0 Å². The average Bonchev–Trinajstić information content (AvgIpc) is 3.41. The molecule has 3 aromatic rings. The van der Waals surface area contributed by atoms with Crippen molar-refractivity contribution in [2.24, 2.45) is 0 Å². The molecule has 0 spiro atoms. The molecular weight excluding hydrogens is 416 g/mol. The Morgan fingerprint density at radius 2 is 1.97 bits per heavy atom. The molecule has 31 heavy (non-hydrogen) atoms. The third-order valence-electron chi connectivity index (χ3n) is 5.08. The van der Waals surface area contributed by atoms with Crippen LogP contribution < -0.4 is 9.47 Å². The van der Waals surface area contributed by atoms with Crippen molar-refractivity contribution < 1.29 is 24.2 Å². The summed E-state index contributed by atoms with van der Waals surface area (Å²) < 4.78 is 10.6. The highest BCUT2D eigenvalue weighted by Gasteiger charge is 2.47. The number of hydrogen-bond acceptors (Lipinski definition) is 7. The molecule has 1 amide bonds. The van der Waals surface area contributed by atoms with E-state index in [0.717, 1.165) is 4.88 Å². The predicted octanol–water partition coefficient (Wildman–Crippen LogP) is 3.78. The van der Waals surface area contributed by atoms with Gasteiger partial charge in [-0.3, -0.25) is 14.6 Å². The van der Waals surface area contributed by atoms with E-state index in [0.29, 0.717) is 17.2 Å². The first-order valence-corrected chi connectivity index (χ1v) is 10.4. The SMILES string of the molecule is COc1ccc(OC)c(/C(O)=C2\C(=O)C(=O)N(Cc3cccs3)C2c2ccccn2)c1. The number of aromatic nitrogens is 1. The van der Waals surface area contributed by atoms with Crippen LogP contribution in [0.5, 0.6) is 11.5 Å². The summed E-state index contributed by atoms with van der Waals surface area (Å²) in [6.45, 7) is 0.232. The Balaban J connectivity index is 1.90. The molecule has 8 heteroatoms. The summed E-state index contributed by atoms with van der Waals surface area (Å²) in [6.07, 6.45) is 1.59. The van der Waals surface area contributed by atoms with Crippen LogP contribution in [0.15, 0.2) is 65.7 Å². The molecule has 4 rings (SSSR count). The lowest BCUT2D eigenvalue weighted by atomic mass is 9.97. The van der Waals surface area contributed by atoms with Crippen LogP contribution in [-0.4, -0.2) is 40.9 Å². The molecule has 0 saturated carbocycles. The van der Waals surface area contributed by atoms with Crippen molar-refractivity contribution in [3.63, 3.8) is 0 Å². The predicted molar refractivity (Wildman–Crippen MR) is 116 cm³/mol. The van der Waals surface area contributed by atoms with Crippen molar-refractivity contribution >= 4 is 28.8 Å². The number of ketones is 1. The fourth-order valence-electron chi connectivity index (χ4n) is 3.60. The van der Waals surface area contributed by atoms with Gasteiger partial charge in [0.05, 0.1) is 37.6 Å². The minimum absolute atomic E-state index is 0.0354. The summed E-state index contributed by atoms with van der Waals surface area (Å²) in [5.74, 6) is -0.965. The quantitative estimate of drug-likeness (QED) is 0.359. The van der Waals surface area contributed by atoms with Crippen molar-refractivity contribution in [1.82, 2.24) is 9.88 Å². The molecule has 1 unspecified atom stereocenters. The normalized spacial score (nSPS) is 17.7.